The monoisotopic (exact) mass is 314 g/mol. The third kappa shape index (κ3) is 2.96. The van der Waals surface area contributed by atoms with Crippen molar-refractivity contribution in [2.75, 3.05) is 0 Å². The largest absolute Gasteiger partial charge is 0.490 e. The predicted octanol–water partition coefficient (Wildman–Crippen LogP) is 4.06. The van der Waals surface area contributed by atoms with Crippen molar-refractivity contribution in [3.05, 3.63) is 47.7 Å². The summed E-state index contributed by atoms with van der Waals surface area (Å²) in [4.78, 5) is 4.06. The van der Waals surface area contributed by atoms with Crippen LogP contribution >= 0.6 is 11.6 Å². The number of aromatic nitrogens is 1. The second-order valence-electron chi connectivity index (χ2n) is 6.26. The zero-order chi connectivity index (χ0) is 14.9. The maximum Gasteiger partial charge on any atom is 0.121 e. The highest BCUT2D eigenvalue weighted by Crippen LogP contribution is 2.33. The molecule has 2 atom stereocenters. The van der Waals surface area contributed by atoms with E-state index in [-0.39, 0.29) is 0 Å². The van der Waals surface area contributed by atoms with Crippen molar-refractivity contribution in [1.29, 1.82) is 0 Å². The lowest BCUT2D eigenvalue weighted by atomic mass is 10.0. The zero-order valence-corrected chi connectivity index (χ0v) is 13.1. The Morgan fingerprint density at radius 3 is 2.45 bits per heavy atom. The van der Waals surface area contributed by atoms with Gasteiger partial charge in [0.05, 0.1) is 0 Å². The SMILES string of the molecule is Clc1cc(OC2CC3CCC(C2)N3)cc(-c2ccncc2)c1. The number of nitrogens with one attached hydrogen (secondary N) is 1. The minimum Gasteiger partial charge on any atom is -0.490 e. The molecule has 114 valence electrons. The number of benzene rings is 1. The smallest absolute Gasteiger partial charge is 0.121 e. The molecule has 2 saturated heterocycles. The lowest BCUT2D eigenvalue weighted by Crippen LogP contribution is -2.42. The Balaban J connectivity index is 1.56. The molecule has 1 aromatic heterocycles. The fraction of sp³-hybridized carbons (Fsp3) is 0.389. The van der Waals surface area contributed by atoms with Crippen molar-refractivity contribution in [2.24, 2.45) is 0 Å². The van der Waals surface area contributed by atoms with Gasteiger partial charge in [-0.05, 0) is 67.1 Å². The fourth-order valence-corrected chi connectivity index (χ4v) is 3.86. The first kappa shape index (κ1) is 14.0. The third-order valence-electron chi connectivity index (χ3n) is 4.62. The van der Waals surface area contributed by atoms with E-state index in [9.17, 15) is 0 Å². The molecule has 2 unspecified atom stereocenters. The molecule has 2 aliphatic rings. The minimum absolute atomic E-state index is 0.294. The van der Waals surface area contributed by atoms with Crippen molar-refractivity contribution < 1.29 is 4.74 Å². The first-order valence-corrected chi connectivity index (χ1v) is 8.28. The molecule has 4 rings (SSSR count). The third-order valence-corrected chi connectivity index (χ3v) is 4.84. The van der Waals surface area contributed by atoms with Gasteiger partial charge in [0.25, 0.3) is 0 Å². The molecule has 0 saturated carbocycles. The van der Waals surface area contributed by atoms with Crippen molar-refractivity contribution in [1.82, 2.24) is 10.3 Å². The van der Waals surface area contributed by atoms with E-state index < -0.39 is 0 Å². The maximum absolute atomic E-state index is 6.28. The van der Waals surface area contributed by atoms with E-state index in [1.165, 1.54) is 12.8 Å². The average molecular weight is 315 g/mol. The van der Waals surface area contributed by atoms with E-state index >= 15 is 0 Å². The summed E-state index contributed by atoms with van der Waals surface area (Å²) in [7, 11) is 0. The van der Waals surface area contributed by atoms with E-state index in [0.29, 0.717) is 23.2 Å². The lowest BCUT2D eigenvalue weighted by molar-refractivity contribution is 0.137. The normalized spacial score (nSPS) is 26.9. The Morgan fingerprint density at radius 1 is 1.00 bits per heavy atom. The molecule has 1 aromatic carbocycles. The molecule has 4 heteroatoms. The summed E-state index contributed by atoms with van der Waals surface area (Å²) in [6, 6.07) is 11.2. The standard InChI is InChI=1S/C18H19ClN2O/c19-14-7-13(12-3-5-20-6-4-12)8-17(9-14)22-18-10-15-1-2-16(11-18)21-15/h3-9,15-16,18,21H,1-2,10-11H2. The summed E-state index contributed by atoms with van der Waals surface area (Å²) in [5.41, 5.74) is 2.18. The summed E-state index contributed by atoms with van der Waals surface area (Å²) in [6.07, 6.45) is 8.62. The zero-order valence-electron chi connectivity index (χ0n) is 12.3. The van der Waals surface area contributed by atoms with Gasteiger partial charge in [-0.3, -0.25) is 4.98 Å². The van der Waals surface area contributed by atoms with Gasteiger partial charge in [-0.25, -0.2) is 0 Å². The highest BCUT2D eigenvalue weighted by atomic mass is 35.5. The molecular formula is C18H19ClN2O. The first-order valence-electron chi connectivity index (χ1n) is 7.90. The molecule has 2 fully saturated rings. The van der Waals surface area contributed by atoms with Crippen LogP contribution < -0.4 is 10.1 Å². The van der Waals surface area contributed by atoms with E-state index in [1.807, 2.05) is 24.3 Å². The van der Waals surface area contributed by atoms with Crippen molar-refractivity contribution in [2.45, 2.75) is 43.9 Å². The molecule has 0 amide bonds. The Morgan fingerprint density at radius 2 is 1.73 bits per heavy atom. The van der Waals surface area contributed by atoms with Crippen LogP contribution in [0.3, 0.4) is 0 Å². The Hall–Kier alpha value is -1.58. The first-order chi connectivity index (χ1) is 10.8. The van der Waals surface area contributed by atoms with Gasteiger partial charge in [-0.2, -0.15) is 0 Å². The minimum atomic E-state index is 0.294. The number of rotatable bonds is 3. The van der Waals surface area contributed by atoms with Crippen LogP contribution in [-0.2, 0) is 0 Å². The summed E-state index contributed by atoms with van der Waals surface area (Å²) < 4.78 is 6.24. The number of piperidine rings is 1. The van der Waals surface area contributed by atoms with E-state index in [4.69, 9.17) is 16.3 Å². The molecule has 22 heavy (non-hydrogen) atoms. The van der Waals surface area contributed by atoms with Crippen molar-refractivity contribution >= 4 is 11.6 Å². The lowest BCUT2D eigenvalue weighted by Gasteiger charge is -2.29. The molecule has 3 nitrogen and oxygen atoms in total. The van der Waals surface area contributed by atoms with Gasteiger partial charge in [-0.15, -0.1) is 0 Å². The van der Waals surface area contributed by atoms with Gasteiger partial charge in [0.15, 0.2) is 0 Å². The quantitative estimate of drug-likeness (QED) is 0.927. The molecule has 2 bridgehead atoms. The summed E-state index contributed by atoms with van der Waals surface area (Å²) >= 11 is 6.28. The number of nitrogens with zero attached hydrogens (tertiary/aromatic N) is 1. The molecule has 1 N–H and O–H groups in total. The average Bonchev–Trinajstić information content (AvgIpc) is 2.86. The Kier molecular flexibility index (Phi) is 3.77. The number of hydrogen-bond acceptors (Lipinski definition) is 3. The summed E-state index contributed by atoms with van der Waals surface area (Å²) in [6.45, 7) is 0. The second kappa shape index (κ2) is 5.90. The molecule has 0 spiro atoms. The number of hydrogen-bond donors (Lipinski definition) is 1. The Labute approximate surface area is 135 Å². The van der Waals surface area contributed by atoms with Gasteiger partial charge in [0.2, 0.25) is 0 Å². The molecule has 2 aromatic rings. The number of pyridine rings is 1. The van der Waals surface area contributed by atoms with Crippen LogP contribution in [0.1, 0.15) is 25.7 Å². The van der Waals surface area contributed by atoms with E-state index in [2.05, 4.69) is 16.4 Å². The van der Waals surface area contributed by atoms with Crippen LogP contribution in [0.4, 0.5) is 0 Å². The van der Waals surface area contributed by atoms with Crippen molar-refractivity contribution in [3.8, 4) is 16.9 Å². The van der Waals surface area contributed by atoms with Crippen LogP contribution in [0, 0.1) is 0 Å². The Bertz CT molecular complexity index is 649. The number of halogens is 1. The molecule has 3 heterocycles. The summed E-state index contributed by atoms with van der Waals surface area (Å²) in [5, 5.41) is 4.35. The molecule has 0 radical (unpaired) electrons. The molecule has 2 aliphatic heterocycles. The highest BCUT2D eigenvalue weighted by Gasteiger charge is 2.34. The summed E-state index contributed by atoms with van der Waals surface area (Å²) in [5.74, 6) is 0.866. The van der Waals surface area contributed by atoms with Gasteiger partial charge in [-0.1, -0.05) is 11.6 Å². The number of fused-ring (bicyclic) bond motifs is 2. The molecular weight excluding hydrogens is 296 g/mol. The van der Waals surface area contributed by atoms with Gasteiger partial charge in [0, 0.05) is 29.5 Å². The van der Waals surface area contributed by atoms with Crippen LogP contribution in [0.25, 0.3) is 11.1 Å². The van der Waals surface area contributed by atoms with E-state index in [0.717, 1.165) is 29.7 Å². The molecule has 0 aliphatic carbocycles. The predicted molar refractivity (Wildman–Crippen MR) is 88.3 cm³/mol. The van der Waals surface area contributed by atoms with Crippen LogP contribution in [-0.4, -0.2) is 23.2 Å². The number of ether oxygens (including phenoxy) is 1. The maximum atomic E-state index is 6.28. The van der Waals surface area contributed by atoms with Crippen molar-refractivity contribution in [3.63, 3.8) is 0 Å². The topological polar surface area (TPSA) is 34.1 Å². The highest BCUT2D eigenvalue weighted by molar-refractivity contribution is 6.31. The van der Waals surface area contributed by atoms with Crippen LogP contribution in [0.2, 0.25) is 5.02 Å². The van der Waals surface area contributed by atoms with Gasteiger partial charge < -0.3 is 10.1 Å². The fourth-order valence-electron chi connectivity index (χ4n) is 3.64. The van der Waals surface area contributed by atoms with Crippen LogP contribution in [0.5, 0.6) is 5.75 Å². The van der Waals surface area contributed by atoms with Crippen LogP contribution in [0.15, 0.2) is 42.7 Å². The van der Waals surface area contributed by atoms with Gasteiger partial charge >= 0.3 is 0 Å². The second-order valence-corrected chi connectivity index (χ2v) is 6.70. The van der Waals surface area contributed by atoms with Gasteiger partial charge in [0.1, 0.15) is 11.9 Å². The van der Waals surface area contributed by atoms with E-state index in [1.54, 1.807) is 12.4 Å².